The molecule has 1 aromatic rings. The summed E-state index contributed by atoms with van der Waals surface area (Å²) in [4.78, 5) is 40.7. The molecule has 148 valence electrons. The first-order valence-electron chi connectivity index (χ1n) is 9.06. The normalized spacial score (nSPS) is 22.0. The molecule has 0 saturated carbocycles. The molecule has 1 aromatic carbocycles. The van der Waals surface area contributed by atoms with Gasteiger partial charge in [0.25, 0.3) is 0 Å². The predicted molar refractivity (Wildman–Crippen MR) is 96.4 cm³/mol. The van der Waals surface area contributed by atoms with E-state index in [0.717, 1.165) is 5.56 Å². The van der Waals surface area contributed by atoms with Crippen molar-refractivity contribution in [2.45, 2.75) is 6.04 Å². The van der Waals surface area contributed by atoms with E-state index in [4.69, 9.17) is 14.2 Å². The van der Waals surface area contributed by atoms with Crippen molar-refractivity contribution in [2.75, 3.05) is 46.6 Å². The zero-order valence-electron chi connectivity index (χ0n) is 15.5. The maximum absolute atomic E-state index is 12.8. The fourth-order valence-electron chi connectivity index (χ4n) is 3.57. The Kier molecular flexibility index (Phi) is 4.91. The Hall–Kier alpha value is -3.07. The number of benzene rings is 1. The molecule has 0 radical (unpaired) electrons. The Morgan fingerprint density at radius 1 is 1.21 bits per heavy atom. The summed E-state index contributed by atoms with van der Waals surface area (Å²) >= 11 is 0. The zero-order valence-corrected chi connectivity index (χ0v) is 15.5. The smallest absolute Gasteiger partial charge is 0.338 e. The van der Waals surface area contributed by atoms with Crippen molar-refractivity contribution in [3.8, 4) is 5.75 Å². The van der Waals surface area contributed by atoms with Crippen molar-refractivity contribution in [1.82, 2.24) is 15.1 Å². The summed E-state index contributed by atoms with van der Waals surface area (Å²) in [5.74, 6) is -0.000919. The molecule has 0 aromatic heterocycles. The maximum atomic E-state index is 12.8. The molecule has 3 aliphatic heterocycles. The van der Waals surface area contributed by atoms with Crippen molar-refractivity contribution < 1.29 is 28.6 Å². The number of methoxy groups -OCH3 is 1. The first kappa shape index (κ1) is 18.3. The second-order valence-corrected chi connectivity index (χ2v) is 6.67. The summed E-state index contributed by atoms with van der Waals surface area (Å²) in [6.07, 6.45) is 0. The molecule has 0 aliphatic carbocycles. The van der Waals surface area contributed by atoms with E-state index >= 15 is 0 Å². The van der Waals surface area contributed by atoms with E-state index in [-0.39, 0.29) is 19.1 Å². The van der Waals surface area contributed by atoms with Crippen molar-refractivity contribution in [1.29, 1.82) is 0 Å². The Bertz CT molecular complexity index is 829. The quantitative estimate of drug-likeness (QED) is 0.753. The molecule has 0 bridgehead atoms. The lowest BCUT2D eigenvalue weighted by Crippen LogP contribution is -2.52. The van der Waals surface area contributed by atoms with Gasteiger partial charge in [0.05, 0.1) is 37.6 Å². The third-order valence-corrected chi connectivity index (χ3v) is 5.10. The van der Waals surface area contributed by atoms with Crippen molar-refractivity contribution in [3.05, 3.63) is 41.1 Å². The van der Waals surface area contributed by atoms with Gasteiger partial charge in [-0.25, -0.2) is 9.59 Å². The van der Waals surface area contributed by atoms with Gasteiger partial charge in [-0.15, -0.1) is 0 Å². The van der Waals surface area contributed by atoms with Gasteiger partial charge in [-0.2, -0.15) is 0 Å². The van der Waals surface area contributed by atoms with E-state index in [0.29, 0.717) is 43.3 Å². The van der Waals surface area contributed by atoms with Crippen LogP contribution in [0.25, 0.3) is 0 Å². The second-order valence-electron chi connectivity index (χ2n) is 6.67. The standard InChI is InChI=1S/C19H21N3O6/c1-26-13-4-2-12(3-5-13)17-16-14(11-28-18(16)24)22(19(25)20-17)10-15(23)21-6-8-27-9-7-21/h2-5,17H,6-11H2,1H3,(H,20,25). The van der Waals surface area contributed by atoms with Crippen LogP contribution < -0.4 is 10.1 Å². The van der Waals surface area contributed by atoms with Gasteiger partial charge in [-0.3, -0.25) is 9.69 Å². The maximum Gasteiger partial charge on any atom is 0.338 e. The number of carbonyl (C=O) groups excluding carboxylic acids is 3. The van der Waals surface area contributed by atoms with Gasteiger partial charge >= 0.3 is 12.0 Å². The molecule has 1 unspecified atom stereocenters. The molecular formula is C19H21N3O6. The van der Waals surface area contributed by atoms with E-state index < -0.39 is 18.0 Å². The molecule has 1 saturated heterocycles. The highest BCUT2D eigenvalue weighted by atomic mass is 16.5. The van der Waals surface area contributed by atoms with E-state index in [1.54, 1.807) is 36.3 Å². The minimum atomic E-state index is -0.627. The van der Waals surface area contributed by atoms with Crippen LogP contribution in [0.15, 0.2) is 35.5 Å². The number of hydrogen-bond donors (Lipinski definition) is 1. The third kappa shape index (κ3) is 3.29. The number of hydrogen-bond acceptors (Lipinski definition) is 6. The highest BCUT2D eigenvalue weighted by Gasteiger charge is 2.43. The van der Waals surface area contributed by atoms with E-state index in [9.17, 15) is 14.4 Å². The largest absolute Gasteiger partial charge is 0.497 e. The number of nitrogens with one attached hydrogen (secondary N) is 1. The highest BCUT2D eigenvalue weighted by Crippen LogP contribution is 2.35. The van der Waals surface area contributed by atoms with Gasteiger partial charge < -0.3 is 24.4 Å². The Labute approximate surface area is 161 Å². The summed E-state index contributed by atoms with van der Waals surface area (Å²) in [7, 11) is 1.57. The van der Waals surface area contributed by atoms with Crippen molar-refractivity contribution >= 4 is 17.9 Å². The SMILES string of the molecule is COc1ccc(C2NC(=O)N(CC(=O)N3CCOCC3)C3=C2C(=O)OC3)cc1. The van der Waals surface area contributed by atoms with Crippen LogP contribution in [0.4, 0.5) is 4.79 Å². The molecule has 9 heteroatoms. The van der Waals surface area contributed by atoms with Crippen LogP contribution in [0, 0.1) is 0 Å². The van der Waals surface area contributed by atoms with Crippen LogP contribution in [0.5, 0.6) is 5.75 Å². The van der Waals surface area contributed by atoms with E-state index in [1.807, 2.05) is 0 Å². The molecule has 3 amide bonds. The molecule has 0 spiro atoms. The molecule has 9 nitrogen and oxygen atoms in total. The second kappa shape index (κ2) is 7.51. The topological polar surface area (TPSA) is 97.4 Å². The third-order valence-electron chi connectivity index (χ3n) is 5.10. The van der Waals surface area contributed by atoms with Crippen LogP contribution >= 0.6 is 0 Å². The number of cyclic esters (lactones) is 1. The average molecular weight is 387 g/mol. The minimum Gasteiger partial charge on any atom is -0.497 e. The van der Waals surface area contributed by atoms with Crippen LogP contribution in [-0.2, 0) is 19.1 Å². The van der Waals surface area contributed by atoms with Gasteiger partial charge in [0.15, 0.2) is 0 Å². The number of ether oxygens (including phenoxy) is 3. The van der Waals surface area contributed by atoms with Crippen LogP contribution in [0.3, 0.4) is 0 Å². The molecule has 1 atom stereocenters. The summed E-state index contributed by atoms with van der Waals surface area (Å²) in [5, 5.41) is 2.82. The predicted octanol–water partition coefficient (Wildman–Crippen LogP) is 0.431. The molecule has 28 heavy (non-hydrogen) atoms. The fourth-order valence-corrected chi connectivity index (χ4v) is 3.57. The number of urea groups is 1. The number of esters is 1. The summed E-state index contributed by atoms with van der Waals surface area (Å²) in [5.41, 5.74) is 1.54. The molecule has 3 heterocycles. The number of carbonyl (C=O) groups is 3. The highest BCUT2D eigenvalue weighted by molar-refractivity contribution is 5.98. The lowest BCUT2D eigenvalue weighted by atomic mass is 9.95. The van der Waals surface area contributed by atoms with E-state index in [1.165, 1.54) is 4.90 Å². The van der Waals surface area contributed by atoms with Gasteiger partial charge in [0.2, 0.25) is 5.91 Å². The minimum absolute atomic E-state index is 0.0232. The van der Waals surface area contributed by atoms with Crippen molar-refractivity contribution in [2.24, 2.45) is 0 Å². The van der Waals surface area contributed by atoms with Gasteiger partial charge in [0, 0.05) is 13.1 Å². The fraction of sp³-hybridized carbons (Fsp3) is 0.421. The first-order valence-corrected chi connectivity index (χ1v) is 9.06. The lowest BCUT2D eigenvalue weighted by Gasteiger charge is -2.34. The number of morpholine rings is 1. The zero-order chi connectivity index (χ0) is 19.7. The lowest BCUT2D eigenvalue weighted by molar-refractivity contribution is -0.136. The molecule has 1 fully saturated rings. The first-order chi connectivity index (χ1) is 13.6. The molecule has 4 rings (SSSR count). The Balaban J connectivity index is 1.60. The van der Waals surface area contributed by atoms with Crippen LogP contribution in [0.1, 0.15) is 11.6 Å². The van der Waals surface area contributed by atoms with Crippen molar-refractivity contribution in [3.63, 3.8) is 0 Å². The van der Waals surface area contributed by atoms with Gasteiger partial charge in [-0.05, 0) is 17.7 Å². The number of amides is 3. The Morgan fingerprint density at radius 3 is 2.61 bits per heavy atom. The number of rotatable bonds is 4. The van der Waals surface area contributed by atoms with E-state index in [2.05, 4.69) is 5.32 Å². The van der Waals surface area contributed by atoms with Crippen LogP contribution in [-0.4, -0.2) is 74.3 Å². The molecule has 3 aliphatic rings. The summed E-state index contributed by atoms with van der Waals surface area (Å²) in [6.45, 7) is 1.77. The summed E-state index contributed by atoms with van der Waals surface area (Å²) in [6, 6.07) is 6.04. The van der Waals surface area contributed by atoms with Gasteiger partial charge in [0.1, 0.15) is 18.9 Å². The Morgan fingerprint density at radius 2 is 1.93 bits per heavy atom. The molecular weight excluding hydrogens is 366 g/mol. The average Bonchev–Trinajstić information content (AvgIpc) is 3.12. The van der Waals surface area contributed by atoms with Crippen LogP contribution in [0.2, 0.25) is 0 Å². The number of nitrogens with zero attached hydrogens (tertiary/aromatic N) is 2. The molecule has 1 N–H and O–H groups in total. The summed E-state index contributed by atoms with van der Waals surface area (Å²) < 4.78 is 15.6. The monoisotopic (exact) mass is 387 g/mol. The van der Waals surface area contributed by atoms with Gasteiger partial charge in [-0.1, -0.05) is 12.1 Å².